The molecule has 2 aromatic heterocycles. The van der Waals surface area contributed by atoms with E-state index in [4.69, 9.17) is 32.9 Å². The number of hydrogen-bond acceptors (Lipinski definition) is 5. The van der Waals surface area contributed by atoms with Crippen LogP contribution < -0.4 is 5.32 Å². The van der Waals surface area contributed by atoms with Crippen LogP contribution in [0.3, 0.4) is 0 Å². The van der Waals surface area contributed by atoms with Gasteiger partial charge in [0.2, 0.25) is 0 Å². The van der Waals surface area contributed by atoms with E-state index in [0.29, 0.717) is 59.5 Å². The number of anilines is 1. The quantitative estimate of drug-likeness (QED) is 0.204. The van der Waals surface area contributed by atoms with Gasteiger partial charge in [0.25, 0.3) is 5.91 Å². The molecular formula is C30H21Cl2FN2O3S. The summed E-state index contributed by atoms with van der Waals surface area (Å²) >= 11 is 13.8. The molecule has 5 rings (SSSR count). The summed E-state index contributed by atoms with van der Waals surface area (Å²) in [6.45, 7) is 3.67. The van der Waals surface area contributed by atoms with E-state index in [1.54, 1.807) is 49.6 Å². The molecule has 0 unspecified atom stereocenters. The number of thiophene rings is 1. The molecule has 0 fully saturated rings. The van der Waals surface area contributed by atoms with Crippen molar-refractivity contribution in [3.05, 3.63) is 105 Å². The molecule has 0 aliphatic carbocycles. The first-order valence-corrected chi connectivity index (χ1v) is 13.6. The van der Waals surface area contributed by atoms with Crippen LogP contribution in [0.1, 0.15) is 33.2 Å². The fraction of sp³-hybridized carbons (Fsp3) is 0.100. The van der Waals surface area contributed by atoms with Gasteiger partial charge in [0.05, 0.1) is 28.4 Å². The summed E-state index contributed by atoms with van der Waals surface area (Å²) in [6, 6.07) is 18.2. The Balaban J connectivity index is 1.63. The van der Waals surface area contributed by atoms with Gasteiger partial charge in [-0.05, 0) is 61.4 Å². The summed E-state index contributed by atoms with van der Waals surface area (Å²) < 4.78 is 18.8. The second-order valence-electron chi connectivity index (χ2n) is 8.64. The SMILES string of the molecule is CCOC(=O)c1c(-c2ccc(F)cc2)csc1NC(=O)c1c(C)c(-c2ccc(Cl)cc2Cl)nc2ccccc12. The fourth-order valence-corrected chi connectivity index (χ4v) is 5.86. The van der Waals surface area contributed by atoms with Crippen molar-refractivity contribution in [2.24, 2.45) is 0 Å². The Morgan fingerprint density at radius 3 is 2.46 bits per heavy atom. The number of nitrogens with zero attached hydrogens (tertiary/aromatic N) is 1. The van der Waals surface area contributed by atoms with Crippen LogP contribution in [-0.2, 0) is 4.74 Å². The van der Waals surface area contributed by atoms with E-state index in [0.717, 1.165) is 0 Å². The highest BCUT2D eigenvalue weighted by Crippen LogP contribution is 2.38. The van der Waals surface area contributed by atoms with Gasteiger partial charge in [0.1, 0.15) is 16.4 Å². The zero-order valence-corrected chi connectivity index (χ0v) is 23.2. The van der Waals surface area contributed by atoms with Gasteiger partial charge < -0.3 is 10.1 Å². The fourth-order valence-electron chi connectivity index (χ4n) is 4.41. The van der Waals surface area contributed by atoms with Gasteiger partial charge in [-0.3, -0.25) is 4.79 Å². The van der Waals surface area contributed by atoms with Gasteiger partial charge in [-0.1, -0.05) is 53.5 Å². The molecule has 0 aliphatic rings. The Labute approximate surface area is 238 Å². The minimum atomic E-state index is -0.585. The molecule has 196 valence electrons. The predicted octanol–water partition coefficient (Wildman–Crippen LogP) is 8.81. The number of carbonyl (C=O) groups is 2. The van der Waals surface area contributed by atoms with Crippen molar-refractivity contribution in [2.75, 3.05) is 11.9 Å². The van der Waals surface area contributed by atoms with Gasteiger partial charge in [-0.25, -0.2) is 14.2 Å². The van der Waals surface area contributed by atoms with Crippen LogP contribution in [0.4, 0.5) is 9.39 Å². The van der Waals surface area contributed by atoms with E-state index in [1.165, 1.54) is 23.5 Å². The molecule has 0 radical (unpaired) electrons. The number of hydrogen-bond donors (Lipinski definition) is 1. The van der Waals surface area contributed by atoms with Crippen LogP contribution in [0.2, 0.25) is 10.0 Å². The molecule has 39 heavy (non-hydrogen) atoms. The molecule has 0 saturated heterocycles. The highest BCUT2D eigenvalue weighted by atomic mass is 35.5. The molecule has 3 aromatic carbocycles. The van der Waals surface area contributed by atoms with Crippen LogP contribution in [0.25, 0.3) is 33.3 Å². The van der Waals surface area contributed by atoms with Gasteiger partial charge in [-0.2, -0.15) is 0 Å². The number of para-hydroxylation sites is 1. The molecule has 1 N–H and O–H groups in total. The second kappa shape index (κ2) is 11.1. The van der Waals surface area contributed by atoms with Crippen LogP contribution in [-0.4, -0.2) is 23.5 Å². The topological polar surface area (TPSA) is 68.3 Å². The lowest BCUT2D eigenvalue weighted by Crippen LogP contribution is -2.17. The van der Waals surface area contributed by atoms with Crippen molar-refractivity contribution >= 4 is 62.3 Å². The highest BCUT2D eigenvalue weighted by Gasteiger charge is 2.26. The summed E-state index contributed by atoms with van der Waals surface area (Å²) in [5, 5.41) is 6.53. The maximum Gasteiger partial charge on any atom is 0.341 e. The van der Waals surface area contributed by atoms with Gasteiger partial charge in [0.15, 0.2) is 0 Å². The maximum absolute atomic E-state index is 13.9. The van der Waals surface area contributed by atoms with E-state index in [1.807, 2.05) is 24.3 Å². The lowest BCUT2D eigenvalue weighted by molar-refractivity contribution is 0.0529. The Kier molecular flexibility index (Phi) is 7.66. The molecule has 9 heteroatoms. The van der Waals surface area contributed by atoms with Gasteiger partial charge in [0, 0.05) is 26.9 Å². The van der Waals surface area contributed by atoms with Crippen molar-refractivity contribution < 1.29 is 18.7 Å². The second-order valence-corrected chi connectivity index (χ2v) is 10.4. The summed E-state index contributed by atoms with van der Waals surface area (Å²) in [5.74, 6) is -1.40. The molecule has 5 aromatic rings. The number of fused-ring (bicyclic) bond motifs is 1. The first-order chi connectivity index (χ1) is 18.8. The number of esters is 1. The predicted molar refractivity (Wildman–Crippen MR) is 156 cm³/mol. The highest BCUT2D eigenvalue weighted by molar-refractivity contribution is 7.15. The zero-order chi connectivity index (χ0) is 27.7. The van der Waals surface area contributed by atoms with Crippen LogP contribution >= 0.6 is 34.5 Å². The number of carbonyl (C=O) groups excluding carboxylic acids is 2. The number of ether oxygens (including phenoxy) is 1. The van der Waals surface area contributed by atoms with Crippen LogP contribution in [0.15, 0.2) is 72.1 Å². The average Bonchev–Trinajstić information content (AvgIpc) is 3.32. The van der Waals surface area contributed by atoms with Crippen molar-refractivity contribution in [1.29, 1.82) is 0 Å². The summed E-state index contributed by atoms with van der Waals surface area (Å²) in [6.07, 6.45) is 0. The molecule has 2 heterocycles. The summed E-state index contributed by atoms with van der Waals surface area (Å²) in [5.41, 5.74) is 4.18. The third kappa shape index (κ3) is 5.26. The number of halogens is 3. The number of benzene rings is 3. The summed E-state index contributed by atoms with van der Waals surface area (Å²) in [4.78, 5) is 31.7. The van der Waals surface area contributed by atoms with E-state index in [-0.39, 0.29) is 12.2 Å². The van der Waals surface area contributed by atoms with Gasteiger partial charge >= 0.3 is 5.97 Å². The Morgan fingerprint density at radius 2 is 1.74 bits per heavy atom. The Morgan fingerprint density at radius 1 is 1.00 bits per heavy atom. The third-order valence-corrected chi connectivity index (χ3v) is 7.65. The van der Waals surface area contributed by atoms with Crippen LogP contribution in [0.5, 0.6) is 0 Å². The molecule has 1 amide bonds. The molecule has 0 bridgehead atoms. The van der Waals surface area contributed by atoms with E-state index < -0.39 is 17.7 Å². The standard InChI is InChI=1S/C30H21Cl2FN2O3S/c1-3-38-30(37)26-22(17-8-11-19(33)12-9-17)15-39-29(26)35-28(36)25-16(2)27(20-13-10-18(31)14-23(20)32)34-24-7-5-4-6-21(24)25/h4-15H,3H2,1-2H3,(H,35,36). The number of amides is 1. The molecule has 0 saturated carbocycles. The maximum atomic E-state index is 13.9. The third-order valence-electron chi connectivity index (χ3n) is 6.20. The minimum absolute atomic E-state index is 0.157. The number of nitrogens with one attached hydrogen (secondary N) is 1. The molecular weight excluding hydrogens is 558 g/mol. The monoisotopic (exact) mass is 578 g/mol. The van der Waals surface area contributed by atoms with E-state index >= 15 is 0 Å². The molecule has 5 nitrogen and oxygen atoms in total. The lowest BCUT2D eigenvalue weighted by atomic mass is 9.97. The van der Waals surface area contributed by atoms with E-state index in [2.05, 4.69) is 5.32 Å². The number of pyridine rings is 1. The Hall–Kier alpha value is -3.78. The van der Waals surface area contributed by atoms with Crippen LogP contribution in [0, 0.1) is 12.7 Å². The first kappa shape index (κ1) is 26.8. The van der Waals surface area contributed by atoms with Crippen molar-refractivity contribution in [2.45, 2.75) is 13.8 Å². The molecule has 0 spiro atoms. The largest absolute Gasteiger partial charge is 0.462 e. The Bertz CT molecular complexity index is 1740. The molecule has 0 aliphatic heterocycles. The minimum Gasteiger partial charge on any atom is -0.462 e. The normalized spacial score (nSPS) is 11.0. The summed E-state index contributed by atoms with van der Waals surface area (Å²) in [7, 11) is 0. The zero-order valence-electron chi connectivity index (χ0n) is 20.8. The number of rotatable bonds is 6. The average molecular weight is 579 g/mol. The lowest BCUT2D eigenvalue weighted by Gasteiger charge is -2.16. The number of aromatic nitrogens is 1. The van der Waals surface area contributed by atoms with Gasteiger partial charge in [-0.15, -0.1) is 11.3 Å². The first-order valence-electron chi connectivity index (χ1n) is 12.0. The van der Waals surface area contributed by atoms with Crippen molar-refractivity contribution in [1.82, 2.24) is 4.98 Å². The van der Waals surface area contributed by atoms with Crippen molar-refractivity contribution in [3.63, 3.8) is 0 Å². The van der Waals surface area contributed by atoms with E-state index in [9.17, 15) is 14.0 Å². The molecule has 0 atom stereocenters. The van der Waals surface area contributed by atoms with Crippen molar-refractivity contribution in [3.8, 4) is 22.4 Å². The smallest absolute Gasteiger partial charge is 0.341 e.